The van der Waals surface area contributed by atoms with Crippen molar-refractivity contribution in [1.29, 1.82) is 0 Å². The van der Waals surface area contributed by atoms with E-state index in [1.54, 1.807) is 17.3 Å². The summed E-state index contributed by atoms with van der Waals surface area (Å²) in [4.78, 5) is 0. The summed E-state index contributed by atoms with van der Waals surface area (Å²) in [5.41, 5.74) is 15.1. The van der Waals surface area contributed by atoms with Crippen molar-refractivity contribution in [3.8, 4) is 33.8 Å². The summed E-state index contributed by atoms with van der Waals surface area (Å²) in [5, 5.41) is 3.71. The molecule has 290 valence electrons. The maximum atomic E-state index is 14.3. The van der Waals surface area contributed by atoms with E-state index in [-0.39, 0.29) is 17.8 Å². The van der Waals surface area contributed by atoms with Crippen molar-refractivity contribution >= 4 is 51.9 Å². The van der Waals surface area contributed by atoms with Crippen LogP contribution in [-0.2, 0) is 19.4 Å². The molecule has 8 aromatic rings. The number of fused-ring (bicyclic) bond motifs is 14. The van der Waals surface area contributed by atoms with Crippen molar-refractivity contribution < 1.29 is 17.9 Å². The lowest BCUT2D eigenvalue weighted by Gasteiger charge is -2.33. The van der Waals surface area contributed by atoms with Gasteiger partial charge in [-0.2, -0.15) is 9.13 Å². The minimum Gasteiger partial charge on any atom is -0.456 e. The van der Waals surface area contributed by atoms with Gasteiger partial charge >= 0.3 is 0 Å². The molecule has 0 bridgehead atoms. The van der Waals surface area contributed by atoms with Gasteiger partial charge in [-0.25, -0.2) is 8.96 Å². The van der Waals surface area contributed by atoms with Crippen LogP contribution in [0.4, 0.5) is 4.39 Å². The minimum absolute atomic E-state index is 0.197. The van der Waals surface area contributed by atoms with Gasteiger partial charge in [-0.3, -0.25) is 0 Å². The lowest BCUT2D eigenvalue weighted by Crippen LogP contribution is -2.54. The number of rotatable bonds is 5. The van der Waals surface area contributed by atoms with E-state index >= 15 is 0 Å². The van der Waals surface area contributed by atoms with E-state index in [9.17, 15) is 4.39 Å². The van der Waals surface area contributed by atoms with Crippen LogP contribution in [0.15, 0.2) is 126 Å². The lowest BCUT2D eigenvalue weighted by atomic mass is 9.77. The van der Waals surface area contributed by atoms with Gasteiger partial charge in [0.1, 0.15) is 22.7 Å². The number of benzene rings is 5. The molecule has 0 fully saturated rings. The number of furan rings is 1. The number of pyridine rings is 1. The highest BCUT2D eigenvalue weighted by Crippen LogP contribution is 2.46. The smallest absolute Gasteiger partial charge is 0.295 e. The summed E-state index contributed by atoms with van der Waals surface area (Å²) in [6.07, 6.45) is 6.39. The Bertz CT molecular complexity index is 2960. The Morgan fingerprint density at radius 1 is 0.845 bits per heavy atom. The van der Waals surface area contributed by atoms with Gasteiger partial charge in [0.2, 0.25) is 5.69 Å². The summed E-state index contributed by atoms with van der Waals surface area (Å²) in [7, 11) is -1.70. The van der Waals surface area contributed by atoms with Crippen LogP contribution < -0.4 is 14.3 Å². The molecule has 58 heavy (non-hydrogen) atoms. The number of para-hydroxylation sites is 2. The molecule has 5 aromatic carbocycles. The molecule has 0 radical (unpaired) electrons. The zero-order valence-electron chi connectivity index (χ0n) is 34.6. The van der Waals surface area contributed by atoms with Crippen molar-refractivity contribution in [2.45, 2.75) is 84.6 Å². The first-order chi connectivity index (χ1) is 28.0. The maximum Gasteiger partial charge on any atom is 0.295 e. The van der Waals surface area contributed by atoms with Crippen LogP contribution >= 0.6 is 0 Å². The predicted molar refractivity (Wildman–Crippen MR) is 240 cm³/mol. The zero-order valence-corrected chi connectivity index (χ0v) is 35.6. The lowest BCUT2D eigenvalue weighted by molar-refractivity contribution is -0.719. The van der Waals surface area contributed by atoms with E-state index in [4.69, 9.17) is 11.0 Å². The molecule has 0 spiro atoms. The van der Waals surface area contributed by atoms with Gasteiger partial charge in [-0.15, -0.1) is 0 Å². The van der Waals surface area contributed by atoms with Crippen LogP contribution in [0.3, 0.4) is 0 Å². The van der Waals surface area contributed by atoms with E-state index < -0.39 is 8.07 Å². The van der Waals surface area contributed by atoms with E-state index in [2.05, 4.69) is 145 Å². The molecule has 0 saturated carbocycles. The maximum absolute atomic E-state index is 14.3. The van der Waals surface area contributed by atoms with Crippen LogP contribution in [0.25, 0.3) is 72.4 Å². The summed E-state index contributed by atoms with van der Waals surface area (Å²) < 4.78 is 28.6. The molecule has 0 amide bonds. The Labute approximate surface area is 341 Å². The van der Waals surface area contributed by atoms with Crippen molar-refractivity contribution in [3.05, 3.63) is 144 Å². The zero-order chi connectivity index (χ0) is 40.0. The van der Waals surface area contributed by atoms with Gasteiger partial charge in [0.05, 0.1) is 26.6 Å². The third kappa shape index (κ3) is 5.90. The fraction of sp³-hybridized carbons (Fsp3) is 0.269. The van der Waals surface area contributed by atoms with Crippen molar-refractivity contribution in [1.82, 2.24) is 4.57 Å². The molecular weight excluding hydrogens is 730 g/mol. The van der Waals surface area contributed by atoms with Gasteiger partial charge in [0, 0.05) is 33.5 Å². The second-order valence-corrected chi connectivity index (χ2v) is 23.2. The number of halogens is 1. The monoisotopic (exact) mass is 781 g/mol. The van der Waals surface area contributed by atoms with Crippen LogP contribution in [0.1, 0.15) is 62.3 Å². The number of imidazole rings is 1. The SMILES string of the molecule is C=C1CC2C(CCc3cc4oc5cc(-c6cccc(F)c6)ccc5c4cc3-c3n(CC)c4ccccc4[n+]31)c1ccccc1-c1cc(CC(C)C)c([Si](C)(C)C)c[n+]12. The van der Waals surface area contributed by atoms with Crippen molar-refractivity contribution in [2.75, 3.05) is 0 Å². The number of aryl methyl sites for hydroxylation is 2. The molecule has 2 aliphatic rings. The molecule has 10 rings (SSSR count). The Morgan fingerprint density at radius 2 is 1.62 bits per heavy atom. The van der Waals surface area contributed by atoms with Crippen LogP contribution in [0, 0.1) is 11.7 Å². The third-order valence-corrected chi connectivity index (χ3v) is 14.9. The molecular formula is C52H52FN3OSi+2. The van der Waals surface area contributed by atoms with Crippen LogP contribution in [0.5, 0.6) is 0 Å². The molecule has 2 atom stereocenters. The number of aromatic nitrogens is 3. The number of allylic oxidation sites excluding steroid dienone is 1. The molecule has 5 heterocycles. The fourth-order valence-corrected chi connectivity index (χ4v) is 12.0. The fourth-order valence-electron chi connectivity index (χ4n) is 10.3. The molecule has 6 heteroatoms. The molecule has 0 saturated heterocycles. The first kappa shape index (κ1) is 36.7. The predicted octanol–water partition coefficient (Wildman–Crippen LogP) is 12.2. The van der Waals surface area contributed by atoms with Gasteiger partial charge < -0.3 is 4.42 Å². The topological polar surface area (TPSA) is 25.8 Å². The first-order valence-corrected chi connectivity index (χ1v) is 24.6. The summed E-state index contributed by atoms with van der Waals surface area (Å²) in [6.45, 7) is 20.3. The number of hydrogen-bond acceptors (Lipinski definition) is 1. The largest absolute Gasteiger partial charge is 0.456 e. The molecule has 2 aliphatic heterocycles. The highest BCUT2D eigenvalue weighted by molar-refractivity contribution is 6.89. The van der Waals surface area contributed by atoms with Crippen LogP contribution in [0.2, 0.25) is 19.6 Å². The van der Waals surface area contributed by atoms with E-state index in [1.165, 1.54) is 56.4 Å². The van der Waals surface area contributed by atoms with Gasteiger partial charge in [0.25, 0.3) is 5.82 Å². The molecule has 0 aliphatic carbocycles. The Kier molecular flexibility index (Phi) is 8.72. The Balaban J connectivity index is 1.21. The Morgan fingerprint density at radius 3 is 2.41 bits per heavy atom. The number of hydrogen-bond donors (Lipinski definition) is 0. The van der Waals surface area contributed by atoms with Gasteiger partial charge in [0.15, 0.2) is 23.3 Å². The van der Waals surface area contributed by atoms with E-state index in [0.29, 0.717) is 5.92 Å². The minimum atomic E-state index is -1.70. The average Bonchev–Trinajstić information content (AvgIpc) is 3.73. The second kappa shape index (κ2) is 13.8. The van der Waals surface area contributed by atoms with Gasteiger partial charge in [-0.1, -0.05) is 88.6 Å². The van der Waals surface area contributed by atoms with E-state index in [0.717, 1.165) is 71.0 Å². The van der Waals surface area contributed by atoms with Crippen molar-refractivity contribution in [3.63, 3.8) is 0 Å². The number of nitrogens with zero attached hydrogens (tertiary/aromatic N) is 3. The molecule has 4 nitrogen and oxygen atoms in total. The highest BCUT2D eigenvalue weighted by Gasteiger charge is 2.44. The van der Waals surface area contributed by atoms with Crippen molar-refractivity contribution in [2.24, 2.45) is 5.92 Å². The second-order valence-electron chi connectivity index (χ2n) is 18.1. The molecule has 3 aromatic heterocycles. The molecule has 2 unspecified atom stereocenters. The van der Waals surface area contributed by atoms with E-state index in [1.807, 2.05) is 6.07 Å². The quantitative estimate of drug-likeness (QED) is 0.126. The summed E-state index contributed by atoms with van der Waals surface area (Å²) in [5.74, 6) is 1.79. The highest BCUT2D eigenvalue weighted by atomic mass is 28.3. The first-order valence-electron chi connectivity index (χ1n) is 21.1. The Hall–Kier alpha value is -5.59. The standard InChI is InChI=1S/C52H52FN3OSi/c1-8-54-45-18-11-12-19-46(45)56-33(4)25-47-41(39-16-9-10-17-40(39)48-27-37(24-32(2)3)51(31-55(47)48)58(5,6)7)22-21-36-29-50-44(30-43(36)52(54)56)42-23-20-35(28-49(42)57-50)34-14-13-15-38(53)26-34/h9-20,23,26-32,41,47H,4,8,21-22,24-25H2,1-3,5-7H3/q+2. The average molecular weight is 782 g/mol. The normalized spacial score (nSPS) is 16.7. The summed E-state index contributed by atoms with van der Waals surface area (Å²) in [6, 6.07) is 38.5. The molecule has 0 N–H and O–H groups in total. The third-order valence-electron chi connectivity index (χ3n) is 12.9. The van der Waals surface area contributed by atoms with Gasteiger partial charge in [-0.05, 0) is 115 Å². The van der Waals surface area contributed by atoms with Crippen LogP contribution in [-0.4, -0.2) is 12.6 Å². The summed E-state index contributed by atoms with van der Waals surface area (Å²) >= 11 is 0.